The molecule has 8 nitrogen and oxygen atoms in total. The number of esters is 3. The van der Waals surface area contributed by atoms with Crippen LogP contribution >= 0.6 is 0 Å². The third-order valence-electron chi connectivity index (χ3n) is 5.29. The van der Waals surface area contributed by atoms with E-state index in [0.29, 0.717) is 33.8 Å². The molecular weight excluding hydrogens is 440 g/mol. The number of ether oxygens (including phenoxy) is 5. The quantitative estimate of drug-likeness (QED) is 0.375. The third kappa shape index (κ3) is 4.56. The summed E-state index contributed by atoms with van der Waals surface area (Å²) in [6.07, 6.45) is 0. The molecule has 0 aliphatic rings. The Labute approximate surface area is 197 Å². The van der Waals surface area contributed by atoms with Gasteiger partial charge in [-0.15, -0.1) is 0 Å². The van der Waals surface area contributed by atoms with Gasteiger partial charge in [0.15, 0.2) is 0 Å². The molecule has 0 bridgehead atoms. The fourth-order valence-electron chi connectivity index (χ4n) is 3.63. The van der Waals surface area contributed by atoms with E-state index in [1.165, 1.54) is 27.4 Å². The average Bonchev–Trinajstić information content (AvgIpc) is 2.90. The van der Waals surface area contributed by atoms with E-state index in [1.807, 2.05) is 0 Å². The smallest absolute Gasteiger partial charge is 0.339 e. The number of methoxy groups -OCH3 is 5. The molecule has 0 amide bonds. The lowest BCUT2D eigenvalue weighted by molar-refractivity contribution is 0.0536. The van der Waals surface area contributed by atoms with Crippen LogP contribution in [0.1, 0.15) is 31.1 Å². The molecule has 34 heavy (non-hydrogen) atoms. The van der Waals surface area contributed by atoms with Gasteiger partial charge in [0.1, 0.15) is 11.5 Å². The molecular formula is C26H24O8. The topological polar surface area (TPSA) is 97.4 Å². The predicted octanol–water partition coefficient (Wildman–Crippen LogP) is 4.40. The molecule has 3 aromatic carbocycles. The maximum Gasteiger partial charge on any atom is 0.339 e. The van der Waals surface area contributed by atoms with Crippen LogP contribution in [0, 0.1) is 0 Å². The highest BCUT2D eigenvalue weighted by atomic mass is 16.5. The van der Waals surface area contributed by atoms with Crippen LogP contribution in [-0.2, 0) is 14.2 Å². The Bertz CT molecular complexity index is 1210. The lowest BCUT2D eigenvalue weighted by Crippen LogP contribution is -2.20. The molecule has 0 unspecified atom stereocenters. The van der Waals surface area contributed by atoms with Crippen LogP contribution in [0.25, 0.3) is 22.3 Å². The maximum absolute atomic E-state index is 13.1. The average molecular weight is 464 g/mol. The van der Waals surface area contributed by atoms with Crippen molar-refractivity contribution in [2.45, 2.75) is 0 Å². The van der Waals surface area contributed by atoms with E-state index in [2.05, 4.69) is 0 Å². The molecule has 3 aromatic rings. The van der Waals surface area contributed by atoms with Crippen molar-refractivity contribution in [2.24, 2.45) is 0 Å². The SMILES string of the molecule is COC(=O)c1cc(-c2ccc(OC)cc2)c(-c2ccc(OC)cc2)c(C(=O)OC)c1C(=O)OC. The largest absolute Gasteiger partial charge is 0.497 e. The van der Waals surface area contributed by atoms with E-state index < -0.39 is 17.9 Å². The summed E-state index contributed by atoms with van der Waals surface area (Å²) in [5.41, 5.74) is 1.65. The second-order valence-corrected chi connectivity index (χ2v) is 7.03. The van der Waals surface area contributed by atoms with Crippen LogP contribution < -0.4 is 9.47 Å². The van der Waals surface area contributed by atoms with Gasteiger partial charge in [0.25, 0.3) is 0 Å². The fourth-order valence-corrected chi connectivity index (χ4v) is 3.63. The molecule has 8 heteroatoms. The van der Waals surface area contributed by atoms with Crippen molar-refractivity contribution in [1.29, 1.82) is 0 Å². The zero-order valence-corrected chi connectivity index (χ0v) is 19.5. The van der Waals surface area contributed by atoms with Gasteiger partial charge in [-0.25, -0.2) is 14.4 Å². The molecule has 176 valence electrons. The number of carbonyl (C=O) groups excluding carboxylic acids is 3. The monoisotopic (exact) mass is 464 g/mol. The zero-order valence-electron chi connectivity index (χ0n) is 19.5. The highest BCUT2D eigenvalue weighted by Gasteiger charge is 2.32. The van der Waals surface area contributed by atoms with Crippen LogP contribution in [0.3, 0.4) is 0 Å². The van der Waals surface area contributed by atoms with Crippen molar-refractivity contribution in [1.82, 2.24) is 0 Å². The van der Waals surface area contributed by atoms with E-state index in [1.54, 1.807) is 55.6 Å². The molecule has 0 radical (unpaired) electrons. The summed E-state index contributed by atoms with van der Waals surface area (Å²) in [6.45, 7) is 0. The van der Waals surface area contributed by atoms with Gasteiger partial charge < -0.3 is 23.7 Å². The Hall–Kier alpha value is -4.33. The highest BCUT2D eigenvalue weighted by Crippen LogP contribution is 2.40. The van der Waals surface area contributed by atoms with Crippen molar-refractivity contribution in [3.05, 3.63) is 71.3 Å². The Morgan fingerprint density at radius 2 is 1.00 bits per heavy atom. The van der Waals surface area contributed by atoms with Gasteiger partial charge in [-0.3, -0.25) is 0 Å². The normalized spacial score (nSPS) is 10.3. The standard InChI is InChI=1S/C26H24O8/c1-30-17-10-6-15(7-11-17)19-14-20(24(27)32-3)22(25(28)33-4)23(26(29)34-5)21(19)16-8-12-18(31-2)13-9-16/h6-14H,1-5H3. The minimum Gasteiger partial charge on any atom is -0.497 e. The molecule has 0 saturated heterocycles. The van der Waals surface area contributed by atoms with Crippen molar-refractivity contribution < 1.29 is 38.1 Å². The van der Waals surface area contributed by atoms with Crippen molar-refractivity contribution in [2.75, 3.05) is 35.5 Å². The fraction of sp³-hybridized carbons (Fsp3) is 0.192. The minimum absolute atomic E-state index is 0.117. The van der Waals surface area contributed by atoms with Crippen LogP contribution in [0.15, 0.2) is 54.6 Å². The van der Waals surface area contributed by atoms with Crippen LogP contribution in [0.2, 0.25) is 0 Å². The van der Waals surface area contributed by atoms with E-state index in [-0.39, 0.29) is 16.7 Å². The first-order valence-corrected chi connectivity index (χ1v) is 10.1. The van der Waals surface area contributed by atoms with Gasteiger partial charge in [0.05, 0.1) is 52.2 Å². The number of benzene rings is 3. The van der Waals surface area contributed by atoms with Gasteiger partial charge in [0, 0.05) is 5.56 Å². The lowest BCUT2D eigenvalue weighted by atomic mass is 9.84. The second-order valence-electron chi connectivity index (χ2n) is 7.03. The van der Waals surface area contributed by atoms with E-state index in [4.69, 9.17) is 23.7 Å². The summed E-state index contributed by atoms with van der Waals surface area (Å²) in [7, 11) is 6.63. The Kier molecular flexibility index (Phi) is 7.53. The van der Waals surface area contributed by atoms with Gasteiger partial charge in [0.2, 0.25) is 0 Å². The van der Waals surface area contributed by atoms with Gasteiger partial charge in [-0.2, -0.15) is 0 Å². The van der Waals surface area contributed by atoms with Crippen LogP contribution in [-0.4, -0.2) is 53.5 Å². The first-order chi connectivity index (χ1) is 16.4. The molecule has 0 heterocycles. The van der Waals surface area contributed by atoms with Crippen molar-refractivity contribution in [3.8, 4) is 33.8 Å². The highest BCUT2D eigenvalue weighted by molar-refractivity contribution is 6.16. The third-order valence-corrected chi connectivity index (χ3v) is 5.29. The summed E-state index contributed by atoms with van der Waals surface area (Å²) < 4.78 is 25.4. The van der Waals surface area contributed by atoms with Crippen molar-refractivity contribution in [3.63, 3.8) is 0 Å². The predicted molar refractivity (Wildman–Crippen MR) is 124 cm³/mol. The first-order valence-electron chi connectivity index (χ1n) is 10.1. The minimum atomic E-state index is -0.878. The summed E-state index contributed by atoms with van der Waals surface area (Å²) >= 11 is 0. The van der Waals surface area contributed by atoms with E-state index >= 15 is 0 Å². The molecule has 0 atom stereocenters. The number of rotatable bonds is 7. The molecule has 0 aliphatic carbocycles. The van der Waals surface area contributed by atoms with Gasteiger partial charge in [-0.1, -0.05) is 24.3 Å². The lowest BCUT2D eigenvalue weighted by Gasteiger charge is -2.20. The molecule has 0 aromatic heterocycles. The molecule has 0 aliphatic heterocycles. The molecule has 0 spiro atoms. The summed E-state index contributed by atoms with van der Waals surface area (Å²) in [5, 5.41) is 0. The van der Waals surface area contributed by atoms with E-state index in [0.717, 1.165) is 7.11 Å². The van der Waals surface area contributed by atoms with Crippen LogP contribution in [0.4, 0.5) is 0 Å². The van der Waals surface area contributed by atoms with Gasteiger partial charge in [-0.05, 0) is 47.0 Å². The Morgan fingerprint density at radius 1 is 0.559 bits per heavy atom. The summed E-state index contributed by atoms with van der Waals surface area (Å²) in [6, 6.07) is 15.5. The summed E-state index contributed by atoms with van der Waals surface area (Å²) in [5.74, 6) is -1.26. The van der Waals surface area contributed by atoms with E-state index in [9.17, 15) is 14.4 Å². The maximum atomic E-state index is 13.1. The first kappa shape index (κ1) is 24.3. The molecule has 0 saturated carbocycles. The van der Waals surface area contributed by atoms with Crippen molar-refractivity contribution >= 4 is 17.9 Å². The molecule has 0 fully saturated rings. The zero-order chi connectivity index (χ0) is 24.8. The number of hydrogen-bond acceptors (Lipinski definition) is 8. The molecule has 0 N–H and O–H groups in total. The second kappa shape index (κ2) is 10.5. The van der Waals surface area contributed by atoms with Crippen LogP contribution in [0.5, 0.6) is 11.5 Å². The number of carbonyl (C=O) groups is 3. The molecule has 3 rings (SSSR count). The number of hydrogen-bond donors (Lipinski definition) is 0. The van der Waals surface area contributed by atoms with Gasteiger partial charge >= 0.3 is 17.9 Å². The Balaban J connectivity index is 2.52. The Morgan fingerprint density at radius 3 is 1.44 bits per heavy atom. The summed E-state index contributed by atoms with van der Waals surface area (Å²) in [4.78, 5) is 38.6.